The van der Waals surface area contributed by atoms with Crippen LogP contribution in [0.25, 0.3) is 0 Å². The van der Waals surface area contributed by atoms with Gasteiger partial charge < -0.3 is 15.2 Å². The minimum absolute atomic E-state index is 0.0520. The maximum atomic E-state index is 13.2. The first-order chi connectivity index (χ1) is 16.2. The fraction of sp³-hybridized carbons (Fsp3) is 0.440. The van der Waals surface area contributed by atoms with Crippen molar-refractivity contribution in [1.29, 1.82) is 0 Å². The summed E-state index contributed by atoms with van der Waals surface area (Å²) in [5.74, 6) is -1.29. The van der Waals surface area contributed by atoms with Gasteiger partial charge >= 0.3 is 5.97 Å². The molecule has 9 heteroatoms. The number of fused-ring (bicyclic) bond motifs is 1. The van der Waals surface area contributed by atoms with Crippen LogP contribution in [0, 0.1) is 13.8 Å². The number of benzene rings is 2. The number of nitrogens with one attached hydrogen (secondary N) is 1. The summed E-state index contributed by atoms with van der Waals surface area (Å²) in [6.45, 7) is 2.96. The minimum Gasteiger partial charge on any atom is -0.454 e. The Morgan fingerprint density at radius 1 is 1.15 bits per heavy atom. The molecule has 0 radical (unpaired) electrons. The standard InChI is InChI=1S/C25H30N2O6S/c1-16-10-11-20(12-17(16)2)34(31,32)27-14-19(28)13-23(27)25(30)33-15-24(29)26-22-9-5-7-18-6-3-4-8-21(18)22/h3-4,6,8,10-12,19,22-23,28H,5,7,9,13-15H2,1-2H3,(H,26,29)/t19?,22?,23-/m0/s1. The SMILES string of the molecule is Cc1ccc(S(=O)(=O)N2CC(O)C[C@H]2C(=O)OCC(=O)NC2CCCc3ccccc32)cc1C. The van der Waals surface area contributed by atoms with Crippen LogP contribution in [0.15, 0.2) is 47.4 Å². The number of esters is 1. The van der Waals surface area contributed by atoms with E-state index in [9.17, 15) is 23.1 Å². The van der Waals surface area contributed by atoms with Gasteiger partial charge in [-0.25, -0.2) is 8.42 Å². The van der Waals surface area contributed by atoms with Crippen LogP contribution in [-0.2, 0) is 30.8 Å². The molecular weight excluding hydrogens is 456 g/mol. The molecular formula is C25H30N2O6S. The monoisotopic (exact) mass is 486 g/mol. The second-order valence-electron chi connectivity index (χ2n) is 9.04. The highest BCUT2D eigenvalue weighted by atomic mass is 32.2. The Bertz CT molecular complexity index is 1200. The van der Waals surface area contributed by atoms with Gasteiger partial charge in [-0.3, -0.25) is 9.59 Å². The van der Waals surface area contributed by atoms with Gasteiger partial charge in [0.2, 0.25) is 10.0 Å². The lowest BCUT2D eigenvalue weighted by Crippen LogP contribution is -2.42. The van der Waals surface area contributed by atoms with Crippen molar-refractivity contribution in [1.82, 2.24) is 9.62 Å². The third kappa shape index (κ3) is 5.01. The molecule has 1 aliphatic carbocycles. The molecule has 2 aromatic carbocycles. The van der Waals surface area contributed by atoms with Gasteiger partial charge in [0.1, 0.15) is 6.04 Å². The molecule has 8 nitrogen and oxygen atoms in total. The van der Waals surface area contributed by atoms with Crippen molar-refractivity contribution < 1.29 is 27.9 Å². The van der Waals surface area contributed by atoms with Gasteiger partial charge in [-0.05, 0) is 67.5 Å². The Hall–Kier alpha value is -2.75. The average Bonchev–Trinajstić information content (AvgIpc) is 3.22. The molecule has 1 aliphatic heterocycles. The van der Waals surface area contributed by atoms with Crippen LogP contribution in [0.5, 0.6) is 0 Å². The average molecular weight is 487 g/mol. The van der Waals surface area contributed by atoms with Gasteiger partial charge in [-0.2, -0.15) is 4.31 Å². The number of sulfonamides is 1. The summed E-state index contributed by atoms with van der Waals surface area (Å²) in [4.78, 5) is 25.3. The lowest BCUT2D eigenvalue weighted by atomic mass is 9.88. The summed E-state index contributed by atoms with van der Waals surface area (Å²) >= 11 is 0. The minimum atomic E-state index is -4.03. The third-order valence-electron chi connectivity index (χ3n) is 6.64. The number of hydrogen-bond donors (Lipinski definition) is 2. The smallest absolute Gasteiger partial charge is 0.325 e. The van der Waals surface area contributed by atoms with Crippen molar-refractivity contribution in [3.05, 3.63) is 64.7 Å². The molecule has 1 saturated heterocycles. The van der Waals surface area contributed by atoms with Gasteiger partial charge in [-0.15, -0.1) is 0 Å². The zero-order valence-corrected chi connectivity index (χ0v) is 20.2. The van der Waals surface area contributed by atoms with E-state index in [0.29, 0.717) is 0 Å². The molecule has 182 valence electrons. The topological polar surface area (TPSA) is 113 Å². The molecule has 1 fully saturated rings. The number of carbonyl (C=O) groups is 2. The molecule has 0 bridgehead atoms. The van der Waals surface area contributed by atoms with Crippen LogP contribution in [0.1, 0.15) is 47.6 Å². The summed E-state index contributed by atoms with van der Waals surface area (Å²) in [6, 6.07) is 11.3. The van der Waals surface area contributed by atoms with Crippen molar-refractivity contribution in [3.8, 4) is 0 Å². The van der Waals surface area contributed by atoms with E-state index in [2.05, 4.69) is 5.32 Å². The highest BCUT2D eigenvalue weighted by Crippen LogP contribution is 2.30. The van der Waals surface area contributed by atoms with Crippen LogP contribution in [0.3, 0.4) is 0 Å². The normalized spacial score (nSPS) is 22.7. The maximum Gasteiger partial charge on any atom is 0.325 e. The quantitative estimate of drug-likeness (QED) is 0.605. The number of aliphatic hydroxyl groups is 1. The first-order valence-corrected chi connectivity index (χ1v) is 12.9. The number of amides is 1. The van der Waals surface area contributed by atoms with Crippen molar-refractivity contribution in [2.45, 2.75) is 62.6 Å². The predicted octanol–water partition coefficient (Wildman–Crippen LogP) is 2.16. The highest BCUT2D eigenvalue weighted by molar-refractivity contribution is 7.89. The molecule has 2 aliphatic rings. The zero-order valence-electron chi connectivity index (χ0n) is 19.4. The number of β-amino-alcohol motifs (C(OH)–C–C–N with tert-alkyl or cyclic N) is 1. The van der Waals surface area contributed by atoms with Gasteiger partial charge in [0.05, 0.1) is 17.0 Å². The maximum absolute atomic E-state index is 13.2. The second-order valence-corrected chi connectivity index (χ2v) is 10.9. The van der Waals surface area contributed by atoms with E-state index in [1.807, 2.05) is 38.1 Å². The predicted molar refractivity (Wildman–Crippen MR) is 125 cm³/mol. The Kier molecular flexibility index (Phi) is 7.06. The van der Waals surface area contributed by atoms with E-state index in [1.165, 1.54) is 11.6 Å². The van der Waals surface area contributed by atoms with Crippen LogP contribution < -0.4 is 5.32 Å². The summed E-state index contributed by atoms with van der Waals surface area (Å²) < 4.78 is 32.6. The number of aryl methyl sites for hydroxylation is 3. The number of nitrogens with zero attached hydrogens (tertiary/aromatic N) is 1. The van der Waals surface area contributed by atoms with E-state index >= 15 is 0 Å². The van der Waals surface area contributed by atoms with Gasteiger partial charge in [0.25, 0.3) is 5.91 Å². The van der Waals surface area contributed by atoms with Crippen molar-refractivity contribution in [2.75, 3.05) is 13.2 Å². The molecule has 4 rings (SSSR count). The molecule has 3 atom stereocenters. The van der Waals surface area contributed by atoms with Crippen LogP contribution in [-0.4, -0.2) is 55.0 Å². The summed E-state index contributed by atoms with van der Waals surface area (Å²) in [6.07, 6.45) is 1.64. The fourth-order valence-corrected chi connectivity index (χ4v) is 6.36. The largest absolute Gasteiger partial charge is 0.454 e. The molecule has 0 aromatic heterocycles. The highest BCUT2D eigenvalue weighted by Gasteiger charge is 2.44. The molecule has 1 amide bonds. The Morgan fingerprint density at radius 2 is 1.91 bits per heavy atom. The number of aliphatic hydroxyl groups excluding tert-OH is 1. The molecule has 2 N–H and O–H groups in total. The second kappa shape index (κ2) is 9.85. The number of ether oxygens (including phenoxy) is 1. The Morgan fingerprint density at radius 3 is 2.68 bits per heavy atom. The van der Waals surface area contributed by atoms with Gasteiger partial charge in [0.15, 0.2) is 6.61 Å². The van der Waals surface area contributed by atoms with E-state index < -0.39 is 40.7 Å². The molecule has 0 saturated carbocycles. The van der Waals surface area contributed by atoms with Crippen molar-refractivity contribution >= 4 is 21.9 Å². The van der Waals surface area contributed by atoms with E-state index in [1.54, 1.807) is 12.1 Å². The first kappa shape index (κ1) is 24.4. The van der Waals surface area contributed by atoms with E-state index in [-0.39, 0.29) is 23.9 Å². The molecule has 1 heterocycles. The van der Waals surface area contributed by atoms with Crippen LogP contribution in [0.2, 0.25) is 0 Å². The van der Waals surface area contributed by atoms with E-state index in [4.69, 9.17) is 4.74 Å². The summed E-state index contributed by atoms with van der Waals surface area (Å²) in [5.41, 5.74) is 4.02. The molecule has 0 spiro atoms. The number of carbonyl (C=O) groups excluding carboxylic acids is 2. The van der Waals surface area contributed by atoms with Gasteiger partial charge in [-0.1, -0.05) is 30.3 Å². The first-order valence-electron chi connectivity index (χ1n) is 11.5. The van der Waals surface area contributed by atoms with Crippen molar-refractivity contribution in [3.63, 3.8) is 0 Å². The van der Waals surface area contributed by atoms with Crippen molar-refractivity contribution in [2.24, 2.45) is 0 Å². The lowest BCUT2D eigenvalue weighted by molar-refractivity contribution is -0.152. The third-order valence-corrected chi connectivity index (χ3v) is 8.51. The Balaban J connectivity index is 1.41. The fourth-order valence-electron chi connectivity index (χ4n) is 4.65. The Labute approximate surface area is 200 Å². The lowest BCUT2D eigenvalue weighted by Gasteiger charge is -2.26. The van der Waals surface area contributed by atoms with Crippen LogP contribution >= 0.6 is 0 Å². The molecule has 2 aromatic rings. The molecule has 2 unspecified atom stereocenters. The number of rotatable bonds is 6. The van der Waals surface area contributed by atoms with Gasteiger partial charge in [0, 0.05) is 13.0 Å². The summed E-state index contributed by atoms with van der Waals surface area (Å²) in [7, 11) is -4.03. The summed E-state index contributed by atoms with van der Waals surface area (Å²) in [5, 5.41) is 13.0. The van der Waals surface area contributed by atoms with E-state index in [0.717, 1.165) is 40.3 Å². The number of hydrogen-bond acceptors (Lipinski definition) is 6. The van der Waals surface area contributed by atoms with Crippen LogP contribution in [0.4, 0.5) is 0 Å². The molecule has 34 heavy (non-hydrogen) atoms. The zero-order chi connectivity index (χ0) is 24.5.